The Hall–Kier alpha value is -2.60. The van der Waals surface area contributed by atoms with Gasteiger partial charge in [0.2, 0.25) is 5.88 Å². The van der Waals surface area contributed by atoms with Crippen LogP contribution in [0.5, 0.6) is 11.6 Å². The minimum Gasteiger partial charge on any atom is -0.439 e. The van der Waals surface area contributed by atoms with E-state index in [2.05, 4.69) is 40.1 Å². The molecule has 0 spiro atoms. The first kappa shape index (κ1) is 20.1. The molecule has 1 aliphatic rings. The van der Waals surface area contributed by atoms with E-state index in [0.29, 0.717) is 18.3 Å². The van der Waals surface area contributed by atoms with Crippen molar-refractivity contribution in [2.24, 2.45) is 10.9 Å². The van der Waals surface area contributed by atoms with Gasteiger partial charge < -0.3 is 19.7 Å². The van der Waals surface area contributed by atoms with Gasteiger partial charge in [0.1, 0.15) is 5.75 Å². The number of aromatic nitrogens is 1. The quantitative estimate of drug-likeness (QED) is 0.612. The van der Waals surface area contributed by atoms with E-state index in [1.165, 1.54) is 11.1 Å². The van der Waals surface area contributed by atoms with Crippen molar-refractivity contribution in [1.82, 2.24) is 15.2 Å². The third-order valence-corrected chi connectivity index (χ3v) is 5.15. The van der Waals surface area contributed by atoms with Gasteiger partial charge in [-0.3, -0.25) is 4.99 Å². The van der Waals surface area contributed by atoms with Gasteiger partial charge in [-0.05, 0) is 55.2 Å². The molecular formula is C22H30N4O2. The van der Waals surface area contributed by atoms with E-state index >= 15 is 0 Å². The van der Waals surface area contributed by atoms with Crippen LogP contribution in [-0.4, -0.2) is 49.7 Å². The molecule has 1 aromatic heterocycles. The highest BCUT2D eigenvalue weighted by Gasteiger charge is 2.24. The van der Waals surface area contributed by atoms with Crippen LogP contribution in [0.4, 0.5) is 0 Å². The smallest absolute Gasteiger partial charge is 0.219 e. The number of methoxy groups -OCH3 is 1. The van der Waals surface area contributed by atoms with E-state index in [1.54, 1.807) is 13.3 Å². The van der Waals surface area contributed by atoms with Crippen LogP contribution in [0.2, 0.25) is 0 Å². The largest absolute Gasteiger partial charge is 0.439 e. The summed E-state index contributed by atoms with van der Waals surface area (Å²) in [6.45, 7) is 7.63. The van der Waals surface area contributed by atoms with Crippen LogP contribution in [0.25, 0.3) is 0 Å². The Kier molecular flexibility index (Phi) is 6.87. The number of nitrogens with zero attached hydrogens (tertiary/aromatic N) is 3. The lowest BCUT2D eigenvalue weighted by Crippen LogP contribution is -2.39. The molecule has 3 rings (SSSR count). The van der Waals surface area contributed by atoms with Crippen LogP contribution < -0.4 is 10.1 Å². The lowest BCUT2D eigenvalue weighted by Gasteiger charge is -2.21. The summed E-state index contributed by atoms with van der Waals surface area (Å²) in [7, 11) is 3.59. The second-order valence-corrected chi connectivity index (χ2v) is 7.31. The summed E-state index contributed by atoms with van der Waals surface area (Å²) in [4.78, 5) is 11.1. The van der Waals surface area contributed by atoms with Gasteiger partial charge in [0.25, 0.3) is 0 Å². The van der Waals surface area contributed by atoms with Gasteiger partial charge in [-0.15, -0.1) is 0 Å². The molecular weight excluding hydrogens is 352 g/mol. The lowest BCUT2D eigenvalue weighted by atomic mass is 10.1. The van der Waals surface area contributed by atoms with Crippen LogP contribution >= 0.6 is 0 Å². The minimum absolute atomic E-state index is 0.572. The molecule has 0 amide bonds. The van der Waals surface area contributed by atoms with Gasteiger partial charge in [0, 0.05) is 52.0 Å². The summed E-state index contributed by atoms with van der Waals surface area (Å²) < 4.78 is 11.2. The van der Waals surface area contributed by atoms with Crippen molar-refractivity contribution in [2.75, 3.05) is 33.9 Å². The molecule has 0 saturated carbocycles. The Morgan fingerprint density at radius 3 is 2.86 bits per heavy atom. The van der Waals surface area contributed by atoms with Crippen molar-refractivity contribution in [2.45, 2.75) is 26.8 Å². The van der Waals surface area contributed by atoms with Crippen molar-refractivity contribution in [3.8, 4) is 11.6 Å². The summed E-state index contributed by atoms with van der Waals surface area (Å²) in [5.41, 5.74) is 3.55. The zero-order valence-corrected chi connectivity index (χ0v) is 17.2. The van der Waals surface area contributed by atoms with Crippen molar-refractivity contribution in [3.05, 3.63) is 53.2 Å². The molecule has 6 heteroatoms. The highest BCUT2D eigenvalue weighted by molar-refractivity contribution is 5.80. The number of ether oxygens (including phenoxy) is 2. The van der Waals surface area contributed by atoms with E-state index < -0.39 is 0 Å². The Morgan fingerprint density at radius 2 is 2.11 bits per heavy atom. The molecule has 150 valence electrons. The second-order valence-electron chi connectivity index (χ2n) is 7.31. The highest BCUT2D eigenvalue weighted by atomic mass is 16.5. The predicted molar refractivity (Wildman–Crippen MR) is 112 cm³/mol. The van der Waals surface area contributed by atoms with Gasteiger partial charge in [0.05, 0.1) is 6.61 Å². The number of hydrogen-bond donors (Lipinski definition) is 1. The minimum atomic E-state index is 0.572. The van der Waals surface area contributed by atoms with Crippen LogP contribution in [0.3, 0.4) is 0 Å². The molecule has 0 radical (unpaired) electrons. The predicted octanol–water partition coefficient (Wildman–Crippen LogP) is 3.53. The molecule has 1 unspecified atom stereocenters. The molecule has 1 aliphatic heterocycles. The fraction of sp³-hybridized carbons (Fsp3) is 0.455. The van der Waals surface area contributed by atoms with Gasteiger partial charge >= 0.3 is 0 Å². The molecule has 1 aromatic carbocycles. The maximum atomic E-state index is 5.94. The van der Waals surface area contributed by atoms with Crippen LogP contribution in [-0.2, 0) is 11.3 Å². The third-order valence-electron chi connectivity index (χ3n) is 5.15. The van der Waals surface area contributed by atoms with Crippen molar-refractivity contribution < 1.29 is 9.47 Å². The van der Waals surface area contributed by atoms with Crippen LogP contribution in [0, 0.1) is 19.8 Å². The molecule has 1 fully saturated rings. The molecule has 1 saturated heterocycles. The van der Waals surface area contributed by atoms with Gasteiger partial charge in [0.15, 0.2) is 5.96 Å². The fourth-order valence-electron chi connectivity index (χ4n) is 3.42. The zero-order chi connectivity index (χ0) is 19.9. The number of pyridine rings is 1. The Labute approximate surface area is 167 Å². The number of benzene rings is 1. The monoisotopic (exact) mass is 382 g/mol. The number of rotatable bonds is 6. The van der Waals surface area contributed by atoms with Crippen LogP contribution in [0.1, 0.15) is 23.1 Å². The summed E-state index contributed by atoms with van der Waals surface area (Å²) >= 11 is 0. The number of likely N-dealkylation sites (tertiary alicyclic amines) is 1. The van der Waals surface area contributed by atoms with Crippen LogP contribution in [0.15, 0.2) is 41.5 Å². The molecule has 1 atom stereocenters. The molecule has 0 bridgehead atoms. The van der Waals surface area contributed by atoms with Gasteiger partial charge in [-0.2, -0.15) is 0 Å². The lowest BCUT2D eigenvalue weighted by molar-refractivity contribution is 0.157. The Morgan fingerprint density at radius 1 is 1.25 bits per heavy atom. The summed E-state index contributed by atoms with van der Waals surface area (Å²) in [5, 5.41) is 3.45. The number of nitrogens with one attached hydrogen (secondary N) is 1. The normalized spacial score (nSPS) is 17.1. The number of aliphatic imine (C=N–C) groups is 1. The molecule has 6 nitrogen and oxygen atoms in total. The average molecular weight is 383 g/mol. The topological polar surface area (TPSA) is 59.0 Å². The average Bonchev–Trinajstić information content (AvgIpc) is 3.14. The SMILES string of the molecule is CN=C(NCc1ccnc(Oc2ccc(C)c(C)c2)c1)N1CCC(COC)C1. The standard InChI is InChI=1S/C22H30N4O2/c1-16-5-6-20(11-17(16)2)28-21-12-18(7-9-24-21)13-25-22(23-3)26-10-8-19(14-26)15-27-4/h5-7,9,11-12,19H,8,10,13-15H2,1-4H3,(H,23,25). The van der Waals surface area contributed by atoms with E-state index in [1.807, 2.05) is 31.3 Å². The third kappa shape index (κ3) is 5.23. The van der Waals surface area contributed by atoms with Gasteiger partial charge in [-0.25, -0.2) is 4.98 Å². The first-order valence-electron chi connectivity index (χ1n) is 9.73. The van der Waals surface area contributed by atoms with E-state index in [9.17, 15) is 0 Å². The van der Waals surface area contributed by atoms with Gasteiger partial charge in [-0.1, -0.05) is 6.07 Å². The molecule has 1 N–H and O–H groups in total. The number of hydrogen-bond acceptors (Lipinski definition) is 4. The van der Waals surface area contributed by atoms with Crippen molar-refractivity contribution in [1.29, 1.82) is 0 Å². The number of guanidine groups is 1. The zero-order valence-electron chi connectivity index (χ0n) is 17.2. The molecule has 2 heterocycles. The van der Waals surface area contributed by atoms with E-state index in [4.69, 9.17) is 9.47 Å². The molecule has 2 aromatic rings. The van der Waals surface area contributed by atoms with Crippen molar-refractivity contribution in [3.63, 3.8) is 0 Å². The molecule has 0 aliphatic carbocycles. The van der Waals surface area contributed by atoms with E-state index in [0.717, 1.165) is 43.4 Å². The fourth-order valence-corrected chi connectivity index (χ4v) is 3.42. The Balaban J connectivity index is 1.58. The first-order chi connectivity index (χ1) is 13.6. The summed E-state index contributed by atoms with van der Waals surface area (Å²) in [6, 6.07) is 10.0. The summed E-state index contributed by atoms with van der Waals surface area (Å²) in [6.07, 6.45) is 2.92. The maximum absolute atomic E-state index is 5.94. The highest BCUT2D eigenvalue weighted by Crippen LogP contribution is 2.23. The molecule has 28 heavy (non-hydrogen) atoms. The maximum Gasteiger partial charge on any atom is 0.219 e. The Bertz CT molecular complexity index is 822. The second kappa shape index (κ2) is 9.55. The van der Waals surface area contributed by atoms with Crippen molar-refractivity contribution >= 4 is 5.96 Å². The van der Waals surface area contributed by atoms with E-state index in [-0.39, 0.29) is 0 Å². The number of aryl methyl sites for hydroxylation is 2. The summed E-state index contributed by atoms with van der Waals surface area (Å²) in [5.74, 6) is 2.89. The first-order valence-corrected chi connectivity index (χ1v) is 9.73.